The molecule has 2 N–H and O–H groups in total. The average molecular weight is 355 g/mol. The second-order valence-electron chi connectivity index (χ2n) is 7.30. The number of hydrogen-bond donors (Lipinski definition) is 2. The lowest BCUT2D eigenvalue weighted by Crippen LogP contribution is -2.50. The van der Waals surface area contributed by atoms with E-state index in [1.165, 1.54) is 0 Å². The lowest BCUT2D eigenvalue weighted by Gasteiger charge is -2.26. The average Bonchev–Trinajstić information content (AvgIpc) is 3.31. The smallest absolute Gasteiger partial charge is 0.239 e. The normalized spacial score (nSPS) is 24.6. The van der Waals surface area contributed by atoms with Crippen molar-refractivity contribution in [2.24, 2.45) is 5.92 Å². The molecular weight excluding hydrogens is 326 g/mol. The number of ketones is 1. The van der Waals surface area contributed by atoms with Crippen molar-refractivity contribution in [3.05, 3.63) is 0 Å². The highest BCUT2D eigenvalue weighted by molar-refractivity contribution is 5.97. The fourth-order valence-electron chi connectivity index (χ4n) is 2.76. The standard InChI is InChI=1S/C17H29N3O5/c1-12(2)8-13(16(23)17(3)11-25-17)19-14(21)9-18-15(22)10-20-4-6-24-7-5-20/h12-13H,4-11H2,1-3H3,(H,18,22)(H,19,21)/t13-,17+/m0/s1. The fourth-order valence-corrected chi connectivity index (χ4v) is 2.76. The van der Waals surface area contributed by atoms with Crippen LogP contribution in [0.3, 0.4) is 0 Å². The third-order valence-electron chi connectivity index (χ3n) is 4.37. The van der Waals surface area contributed by atoms with Crippen molar-refractivity contribution in [3.63, 3.8) is 0 Å². The van der Waals surface area contributed by atoms with E-state index >= 15 is 0 Å². The Morgan fingerprint density at radius 2 is 1.80 bits per heavy atom. The lowest BCUT2D eigenvalue weighted by molar-refractivity contribution is -0.131. The maximum Gasteiger partial charge on any atom is 0.239 e. The summed E-state index contributed by atoms with van der Waals surface area (Å²) in [5, 5.41) is 5.34. The van der Waals surface area contributed by atoms with Crippen molar-refractivity contribution in [2.45, 2.75) is 38.8 Å². The highest BCUT2D eigenvalue weighted by Crippen LogP contribution is 2.29. The number of ether oxygens (including phenoxy) is 2. The quantitative estimate of drug-likeness (QED) is 0.532. The van der Waals surface area contributed by atoms with Gasteiger partial charge in [-0.25, -0.2) is 0 Å². The van der Waals surface area contributed by atoms with E-state index in [0.717, 1.165) is 0 Å². The third kappa shape index (κ3) is 6.37. The molecule has 8 heteroatoms. The summed E-state index contributed by atoms with van der Waals surface area (Å²) in [6.45, 7) is 8.89. The van der Waals surface area contributed by atoms with E-state index in [1.54, 1.807) is 6.92 Å². The van der Waals surface area contributed by atoms with E-state index in [9.17, 15) is 14.4 Å². The van der Waals surface area contributed by atoms with Crippen LogP contribution in [0.1, 0.15) is 27.2 Å². The van der Waals surface area contributed by atoms with Gasteiger partial charge in [-0.3, -0.25) is 19.3 Å². The lowest BCUT2D eigenvalue weighted by atomic mass is 9.93. The van der Waals surface area contributed by atoms with Crippen LogP contribution in [0.15, 0.2) is 0 Å². The molecule has 0 unspecified atom stereocenters. The molecule has 0 aromatic heterocycles. The largest absolute Gasteiger partial charge is 0.379 e. The molecule has 0 aliphatic carbocycles. The molecule has 0 radical (unpaired) electrons. The number of carbonyl (C=O) groups excluding carboxylic acids is 3. The second kappa shape index (κ2) is 8.73. The van der Waals surface area contributed by atoms with Crippen LogP contribution < -0.4 is 10.6 Å². The van der Waals surface area contributed by atoms with Crippen molar-refractivity contribution in [1.82, 2.24) is 15.5 Å². The topological polar surface area (TPSA) is 100 Å². The van der Waals surface area contributed by atoms with Gasteiger partial charge in [0.15, 0.2) is 5.78 Å². The molecule has 2 aliphatic heterocycles. The number of amides is 2. The molecule has 0 aromatic rings. The first-order chi connectivity index (χ1) is 11.8. The van der Waals surface area contributed by atoms with Gasteiger partial charge >= 0.3 is 0 Å². The number of hydrogen-bond acceptors (Lipinski definition) is 6. The predicted molar refractivity (Wildman–Crippen MR) is 91.0 cm³/mol. The molecule has 0 aromatic carbocycles. The second-order valence-corrected chi connectivity index (χ2v) is 7.30. The third-order valence-corrected chi connectivity index (χ3v) is 4.37. The minimum absolute atomic E-state index is 0.103. The van der Waals surface area contributed by atoms with Crippen LogP contribution in [0.2, 0.25) is 0 Å². The summed E-state index contributed by atoms with van der Waals surface area (Å²) in [5.41, 5.74) is -0.771. The molecule has 8 nitrogen and oxygen atoms in total. The van der Waals surface area contributed by atoms with Crippen LogP contribution in [0.5, 0.6) is 0 Å². The number of nitrogens with zero attached hydrogens (tertiary/aromatic N) is 1. The van der Waals surface area contributed by atoms with E-state index in [1.807, 2.05) is 18.7 Å². The molecule has 142 valence electrons. The Kier molecular flexibility index (Phi) is 6.92. The minimum Gasteiger partial charge on any atom is -0.379 e. The number of carbonyl (C=O) groups is 3. The molecule has 0 saturated carbocycles. The summed E-state index contributed by atoms with van der Waals surface area (Å²) in [6, 6.07) is -0.587. The Morgan fingerprint density at radius 3 is 2.36 bits per heavy atom. The van der Waals surface area contributed by atoms with Gasteiger partial charge in [0.2, 0.25) is 11.8 Å². The fraction of sp³-hybridized carbons (Fsp3) is 0.824. The zero-order valence-corrected chi connectivity index (χ0v) is 15.3. The van der Waals surface area contributed by atoms with Gasteiger partial charge in [-0.05, 0) is 19.3 Å². The highest BCUT2D eigenvalue weighted by Gasteiger charge is 2.50. The summed E-state index contributed by atoms with van der Waals surface area (Å²) >= 11 is 0. The maximum absolute atomic E-state index is 12.5. The number of rotatable bonds is 9. The Morgan fingerprint density at radius 1 is 1.16 bits per heavy atom. The molecule has 2 heterocycles. The molecule has 0 spiro atoms. The van der Waals surface area contributed by atoms with Crippen LogP contribution in [-0.4, -0.2) is 80.1 Å². The van der Waals surface area contributed by atoms with Gasteiger partial charge in [0, 0.05) is 13.1 Å². The zero-order valence-electron chi connectivity index (χ0n) is 15.3. The summed E-state index contributed by atoms with van der Waals surface area (Å²) in [6.07, 6.45) is 0.547. The van der Waals surface area contributed by atoms with Crippen LogP contribution >= 0.6 is 0 Å². The van der Waals surface area contributed by atoms with E-state index < -0.39 is 11.6 Å². The Balaban J connectivity index is 1.75. The van der Waals surface area contributed by atoms with Crippen LogP contribution in [-0.2, 0) is 23.9 Å². The first-order valence-corrected chi connectivity index (χ1v) is 8.84. The highest BCUT2D eigenvalue weighted by atomic mass is 16.6. The number of morpholine rings is 1. The van der Waals surface area contributed by atoms with Gasteiger partial charge in [-0.15, -0.1) is 0 Å². The number of epoxide rings is 1. The first-order valence-electron chi connectivity index (χ1n) is 8.84. The number of nitrogens with one attached hydrogen (secondary N) is 2. The van der Waals surface area contributed by atoms with Gasteiger partial charge in [0.05, 0.1) is 39.0 Å². The molecule has 2 saturated heterocycles. The minimum atomic E-state index is -0.771. The summed E-state index contributed by atoms with van der Waals surface area (Å²) in [5.74, 6) is -0.415. The van der Waals surface area contributed by atoms with Gasteiger partial charge in [-0.1, -0.05) is 13.8 Å². The van der Waals surface area contributed by atoms with E-state index in [0.29, 0.717) is 39.3 Å². The maximum atomic E-state index is 12.5. The Bertz CT molecular complexity index is 499. The molecule has 2 fully saturated rings. The van der Waals surface area contributed by atoms with Crippen LogP contribution in [0.25, 0.3) is 0 Å². The number of Topliss-reactive ketones (excluding diaryl/α,β-unsaturated/α-hetero) is 1. The summed E-state index contributed by atoms with van der Waals surface area (Å²) in [4.78, 5) is 38.5. The molecule has 2 amide bonds. The van der Waals surface area contributed by atoms with Gasteiger partial charge < -0.3 is 20.1 Å². The first kappa shape index (κ1) is 19.8. The Hall–Kier alpha value is -1.51. The van der Waals surface area contributed by atoms with Crippen LogP contribution in [0.4, 0.5) is 0 Å². The van der Waals surface area contributed by atoms with E-state index in [2.05, 4.69) is 10.6 Å². The summed E-state index contributed by atoms with van der Waals surface area (Å²) in [7, 11) is 0. The molecule has 25 heavy (non-hydrogen) atoms. The predicted octanol–water partition coefficient (Wildman–Crippen LogP) is -0.676. The molecule has 0 bridgehead atoms. The van der Waals surface area contributed by atoms with Crippen molar-refractivity contribution in [1.29, 1.82) is 0 Å². The molecular formula is C17H29N3O5. The van der Waals surface area contributed by atoms with Crippen molar-refractivity contribution in [3.8, 4) is 0 Å². The van der Waals surface area contributed by atoms with E-state index in [4.69, 9.17) is 9.47 Å². The van der Waals surface area contributed by atoms with Gasteiger partial charge in [0.1, 0.15) is 5.60 Å². The monoisotopic (exact) mass is 355 g/mol. The molecule has 2 aliphatic rings. The molecule has 2 atom stereocenters. The van der Waals surface area contributed by atoms with Gasteiger partial charge in [-0.2, -0.15) is 0 Å². The van der Waals surface area contributed by atoms with Crippen molar-refractivity contribution in [2.75, 3.05) is 46.0 Å². The zero-order chi connectivity index (χ0) is 18.4. The SMILES string of the molecule is CC(C)C[C@H](NC(=O)CNC(=O)CN1CCOCC1)C(=O)[C@@]1(C)CO1. The van der Waals surface area contributed by atoms with Crippen molar-refractivity contribution >= 4 is 17.6 Å². The van der Waals surface area contributed by atoms with Crippen LogP contribution in [0, 0.1) is 5.92 Å². The van der Waals surface area contributed by atoms with Crippen molar-refractivity contribution < 1.29 is 23.9 Å². The molecule has 2 rings (SSSR count). The van der Waals surface area contributed by atoms with E-state index in [-0.39, 0.29) is 36.6 Å². The van der Waals surface area contributed by atoms with Gasteiger partial charge in [0.25, 0.3) is 0 Å². The Labute approximate surface area is 148 Å². The summed E-state index contributed by atoms with van der Waals surface area (Å²) < 4.78 is 10.4.